The first kappa shape index (κ1) is 18.9. The second-order valence-electron chi connectivity index (χ2n) is 7.57. The number of aromatic nitrogens is 1. The van der Waals surface area contributed by atoms with Crippen molar-refractivity contribution < 1.29 is 0 Å². The van der Waals surface area contributed by atoms with Gasteiger partial charge >= 0.3 is 0 Å². The predicted octanol–water partition coefficient (Wildman–Crippen LogP) is 6.32. The first-order chi connectivity index (χ1) is 13.1. The van der Waals surface area contributed by atoms with Crippen molar-refractivity contribution in [1.82, 2.24) is 9.88 Å². The predicted molar refractivity (Wildman–Crippen MR) is 116 cm³/mol. The van der Waals surface area contributed by atoms with E-state index in [0.717, 1.165) is 36.6 Å². The zero-order chi connectivity index (χ0) is 18.8. The lowest BCUT2D eigenvalue weighted by atomic mass is 9.95. The normalized spacial score (nSPS) is 13.9. The molecule has 0 fully saturated rings. The highest BCUT2D eigenvalue weighted by molar-refractivity contribution is 6.35. The van der Waals surface area contributed by atoms with E-state index < -0.39 is 0 Å². The van der Waals surface area contributed by atoms with Crippen molar-refractivity contribution in [3.8, 4) is 0 Å². The number of benzene rings is 2. The Balaban J connectivity index is 1.42. The zero-order valence-electron chi connectivity index (χ0n) is 15.8. The van der Waals surface area contributed by atoms with Crippen LogP contribution in [0, 0.1) is 6.92 Å². The number of rotatable bonds is 6. The number of fused-ring (bicyclic) bond motifs is 3. The van der Waals surface area contributed by atoms with Gasteiger partial charge in [-0.25, -0.2) is 0 Å². The average Bonchev–Trinajstić information content (AvgIpc) is 2.96. The molecular formula is C23H26Cl2N2. The third kappa shape index (κ3) is 4.03. The smallest absolute Gasteiger partial charge is 0.0485 e. The van der Waals surface area contributed by atoms with Gasteiger partial charge in [-0.05, 0) is 81.0 Å². The zero-order valence-corrected chi connectivity index (χ0v) is 17.3. The number of hydrogen-bond acceptors (Lipinski definition) is 1. The molecule has 0 aliphatic heterocycles. The van der Waals surface area contributed by atoms with Crippen LogP contribution in [0.25, 0.3) is 10.9 Å². The van der Waals surface area contributed by atoms with Crippen LogP contribution in [0.1, 0.15) is 41.6 Å². The van der Waals surface area contributed by atoms with Crippen molar-refractivity contribution in [1.29, 1.82) is 0 Å². The molecule has 1 N–H and O–H groups in total. The van der Waals surface area contributed by atoms with Gasteiger partial charge in [-0.2, -0.15) is 0 Å². The van der Waals surface area contributed by atoms with Crippen LogP contribution in [0.5, 0.6) is 0 Å². The van der Waals surface area contributed by atoms with Gasteiger partial charge in [-0.3, -0.25) is 0 Å². The van der Waals surface area contributed by atoms with Crippen LogP contribution in [0.2, 0.25) is 10.0 Å². The lowest BCUT2D eigenvalue weighted by molar-refractivity contribution is 0.561. The number of aryl methyl sites for hydroxylation is 3. The molecule has 3 aromatic rings. The van der Waals surface area contributed by atoms with Crippen LogP contribution in [0.4, 0.5) is 0 Å². The summed E-state index contributed by atoms with van der Waals surface area (Å²) in [6.07, 6.45) is 6.20. The Labute approximate surface area is 171 Å². The molecule has 0 atom stereocenters. The number of halogens is 2. The van der Waals surface area contributed by atoms with Crippen LogP contribution >= 0.6 is 23.2 Å². The molecule has 0 radical (unpaired) electrons. The average molecular weight is 401 g/mol. The highest BCUT2D eigenvalue weighted by Gasteiger charge is 2.19. The molecule has 4 rings (SSSR count). The largest absolute Gasteiger partial charge is 0.344 e. The van der Waals surface area contributed by atoms with Crippen LogP contribution in [-0.2, 0) is 25.9 Å². The molecule has 0 unspecified atom stereocenters. The minimum absolute atomic E-state index is 0.684. The third-order valence-corrected chi connectivity index (χ3v) is 6.19. The Kier molecular flexibility index (Phi) is 5.77. The first-order valence-corrected chi connectivity index (χ1v) is 10.6. The highest BCUT2D eigenvalue weighted by Crippen LogP contribution is 2.33. The van der Waals surface area contributed by atoms with Gasteiger partial charge in [-0.15, -0.1) is 0 Å². The number of hydrogen-bond donors (Lipinski definition) is 1. The Bertz CT molecular complexity index is 959. The molecule has 0 bridgehead atoms. The van der Waals surface area contributed by atoms with E-state index in [1.807, 2.05) is 12.1 Å². The molecule has 4 heteroatoms. The molecule has 1 aliphatic carbocycles. The summed E-state index contributed by atoms with van der Waals surface area (Å²) in [6.45, 7) is 5.01. The summed E-state index contributed by atoms with van der Waals surface area (Å²) in [7, 11) is 0. The fourth-order valence-electron chi connectivity index (χ4n) is 4.26. The molecule has 2 aromatic carbocycles. The highest BCUT2D eigenvalue weighted by atomic mass is 35.5. The summed E-state index contributed by atoms with van der Waals surface area (Å²) in [5.74, 6) is 0. The Hall–Kier alpha value is -1.48. The van der Waals surface area contributed by atoms with Crippen LogP contribution in [0.3, 0.4) is 0 Å². The van der Waals surface area contributed by atoms with E-state index in [0.29, 0.717) is 5.02 Å². The van der Waals surface area contributed by atoms with E-state index in [-0.39, 0.29) is 0 Å². The van der Waals surface area contributed by atoms with Gasteiger partial charge in [0, 0.05) is 39.7 Å². The van der Waals surface area contributed by atoms with Crippen molar-refractivity contribution in [3.63, 3.8) is 0 Å². The Morgan fingerprint density at radius 3 is 2.74 bits per heavy atom. The maximum Gasteiger partial charge on any atom is 0.0485 e. The molecule has 1 aromatic heterocycles. The third-order valence-electron chi connectivity index (χ3n) is 5.60. The van der Waals surface area contributed by atoms with Gasteiger partial charge in [0.2, 0.25) is 0 Å². The second kappa shape index (κ2) is 8.26. The first-order valence-electron chi connectivity index (χ1n) is 9.89. The molecule has 0 amide bonds. The van der Waals surface area contributed by atoms with E-state index in [2.05, 4.69) is 35.0 Å². The molecule has 27 heavy (non-hydrogen) atoms. The topological polar surface area (TPSA) is 17.0 Å². The summed E-state index contributed by atoms with van der Waals surface area (Å²) in [5, 5.41) is 6.41. The molecule has 2 nitrogen and oxygen atoms in total. The van der Waals surface area contributed by atoms with Gasteiger partial charge in [-0.1, -0.05) is 40.9 Å². The number of nitrogens with one attached hydrogen (secondary N) is 1. The van der Waals surface area contributed by atoms with Gasteiger partial charge in [0.05, 0.1) is 0 Å². The van der Waals surface area contributed by atoms with Crippen molar-refractivity contribution in [2.45, 2.75) is 52.1 Å². The van der Waals surface area contributed by atoms with Crippen molar-refractivity contribution in [3.05, 3.63) is 68.8 Å². The van der Waals surface area contributed by atoms with Crippen molar-refractivity contribution in [2.24, 2.45) is 0 Å². The Morgan fingerprint density at radius 2 is 1.89 bits per heavy atom. The maximum absolute atomic E-state index is 6.25. The lowest BCUT2D eigenvalue weighted by Crippen LogP contribution is -2.17. The maximum atomic E-state index is 6.25. The van der Waals surface area contributed by atoms with Crippen molar-refractivity contribution in [2.75, 3.05) is 6.54 Å². The molecule has 0 spiro atoms. The summed E-state index contributed by atoms with van der Waals surface area (Å²) in [5.41, 5.74) is 7.03. The minimum atomic E-state index is 0.684. The monoisotopic (exact) mass is 400 g/mol. The van der Waals surface area contributed by atoms with E-state index in [1.165, 1.54) is 42.1 Å². The van der Waals surface area contributed by atoms with Gasteiger partial charge < -0.3 is 9.88 Å². The fourth-order valence-corrected chi connectivity index (χ4v) is 4.73. The minimum Gasteiger partial charge on any atom is -0.344 e. The molecule has 1 aliphatic rings. The van der Waals surface area contributed by atoms with E-state index >= 15 is 0 Å². The summed E-state index contributed by atoms with van der Waals surface area (Å²) >= 11 is 12.2. The van der Waals surface area contributed by atoms with E-state index in [1.54, 1.807) is 17.3 Å². The summed E-state index contributed by atoms with van der Waals surface area (Å²) < 4.78 is 2.57. The van der Waals surface area contributed by atoms with E-state index in [9.17, 15) is 0 Å². The molecule has 0 saturated carbocycles. The summed E-state index contributed by atoms with van der Waals surface area (Å²) in [4.78, 5) is 0. The van der Waals surface area contributed by atoms with Crippen molar-refractivity contribution >= 4 is 34.1 Å². The quantitative estimate of drug-likeness (QED) is 0.479. The molecule has 1 heterocycles. The molecular weight excluding hydrogens is 375 g/mol. The van der Waals surface area contributed by atoms with Gasteiger partial charge in [0.1, 0.15) is 0 Å². The SMILES string of the molecule is Cc1ccc2c(c1)c1c(n2CCCNCc2ccc(Cl)cc2Cl)CCCC1. The standard InChI is InChI=1S/C23H26Cl2N2/c1-16-7-10-23-20(13-16)19-5-2-3-6-22(19)27(23)12-4-11-26-15-17-8-9-18(24)14-21(17)25/h7-10,13-14,26H,2-6,11-12,15H2,1H3. The van der Waals surface area contributed by atoms with Gasteiger partial charge in [0.25, 0.3) is 0 Å². The van der Waals surface area contributed by atoms with E-state index in [4.69, 9.17) is 23.2 Å². The van der Waals surface area contributed by atoms with Crippen LogP contribution in [-0.4, -0.2) is 11.1 Å². The van der Waals surface area contributed by atoms with Crippen LogP contribution < -0.4 is 5.32 Å². The fraction of sp³-hybridized carbons (Fsp3) is 0.391. The summed E-state index contributed by atoms with van der Waals surface area (Å²) in [6, 6.07) is 12.6. The lowest BCUT2D eigenvalue weighted by Gasteiger charge is -2.16. The Morgan fingerprint density at radius 1 is 1.04 bits per heavy atom. The number of nitrogens with zero attached hydrogens (tertiary/aromatic N) is 1. The van der Waals surface area contributed by atoms with Gasteiger partial charge in [0.15, 0.2) is 0 Å². The second-order valence-corrected chi connectivity index (χ2v) is 8.41. The molecule has 0 saturated heterocycles. The van der Waals surface area contributed by atoms with Crippen LogP contribution in [0.15, 0.2) is 36.4 Å². The molecule has 142 valence electrons.